The lowest BCUT2D eigenvalue weighted by atomic mass is 9.99. The monoisotopic (exact) mass is 265 g/mol. The van der Waals surface area contributed by atoms with Crippen LogP contribution in [0.25, 0.3) is 0 Å². The molecule has 0 aliphatic carbocycles. The summed E-state index contributed by atoms with van der Waals surface area (Å²) in [5.41, 5.74) is 1.30. The molecule has 1 aliphatic heterocycles. The van der Waals surface area contributed by atoms with E-state index in [0.29, 0.717) is 5.92 Å². The molecule has 0 radical (unpaired) electrons. The molecule has 1 unspecified atom stereocenters. The topological polar surface area (TPSA) is 12.5 Å². The lowest BCUT2D eigenvalue weighted by molar-refractivity contribution is 0.144. The Hall–Kier alpha value is -0.510. The second kappa shape index (κ2) is 7.17. The van der Waals surface area contributed by atoms with E-state index in [1.165, 1.54) is 55.0 Å². The van der Waals surface area contributed by atoms with E-state index in [1.54, 1.807) is 0 Å². The Morgan fingerprint density at radius 1 is 1.33 bits per heavy atom. The summed E-state index contributed by atoms with van der Waals surface area (Å²) in [6.07, 6.45) is 2.63. The SMILES string of the molecule is CCN1CCCC(COSc2ccc(C)cc2)C1. The number of nitrogens with zero attached hydrogens (tertiary/aromatic N) is 1. The molecule has 1 saturated heterocycles. The number of hydrogen-bond donors (Lipinski definition) is 0. The molecule has 2 nitrogen and oxygen atoms in total. The van der Waals surface area contributed by atoms with Gasteiger partial charge in [0.15, 0.2) is 0 Å². The van der Waals surface area contributed by atoms with Crippen LogP contribution in [0.15, 0.2) is 29.2 Å². The molecular formula is C15H23NOS. The lowest BCUT2D eigenvalue weighted by Gasteiger charge is -2.31. The minimum Gasteiger partial charge on any atom is -0.310 e. The predicted octanol–water partition coefficient (Wildman–Crippen LogP) is 3.75. The summed E-state index contributed by atoms with van der Waals surface area (Å²) in [5.74, 6) is 0.705. The molecule has 0 spiro atoms. The molecular weight excluding hydrogens is 242 g/mol. The van der Waals surface area contributed by atoms with Gasteiger partial charge in [-0.3, -0.25) is 0 Å². The maximum Gasteiger partial charge on any atom is 0.0658 e. The van der Waals surface area contributed by atoms with Crippen LogP contribution in [0, 0.1) is 12.8 Å². The number of piperidine rings is 1. The number of rotatable bonds is 5. The van der Waals surface area contributed by atoms with Gasteiger partial charge in [0, 0.05) is 23.5 Å². The van der Waals surface area contributed by atoms with Gasteiger partial charge in [0.2, 0.25) is 0 Å². The van der Waals surface area contributed by atoms with E-state index in [9.17, 15) is 0 Å². The number of aryl methyl sites for hydroxylation is 1. The molecule has 1 heterocycles. The minimum absolute atomic E-state index is 0.705. The Morgan fingerprint density at radius 2 is 2.11 bits per heavy atom. The van der Waals surface area contributed by atoms with Crippen LogP contribution in [0.3, 0.4) is 0 Å². The fourth-order valence-electron chi connectivity index (χ4n) is 2.37. The highest BCUT2D eigenvalue weighted by atomic mass is 32.2. The third-order valence-electron chi connectivity index (χ3n) is 3.53. The van der Waals surface area contributed by atoms with Gasteiger partial charge < -0.3 is 9.08 Å². The van der Waals surface area contributed by atoms with Crippen LogP contribution in [0.2, 0.25) is 0 Å². The average molecular weight is 265 g/mol. The highest BCUT2D eigenvalue weighted by molar-refractivity contribution is 7.94. The highest BCUT2D eigenvalue weighted by Crippen LogP contribution is 2.23. The van der Waals surface area contributed by atoms with Crippen molar-refractivity contribution in [2.75, 3.05) is 26.2 Å². The first-order chi connectivity index (χ1) is 8.78. The Bertz CT molecular complexity index is 352. The molecule has 18 heavy (non-hydrogen) atoms. The zero-order valence-corrected chi connectivity index (χ0v) is 12.2. The molecule has 1 aromatic carbocycles. The van der Waals surface area contributed by atoms with Crippen LogP contribution < -0.4 is 0 Å². The molecule has 0 N–H and O–H groups in total. The average Bonchev–Trinajstić information content (AvgIpc) is 2.41. The highest BCUT2D eigenvalue weighted by Gasteiger charge is 2.18. The summed E-state index contributed by atoms with van der Waals surface area (Å²) in [6.45, 7) is 8.85. The lowest BCUT2D eigenvalue weighted by Crippen LogP contribution is -2.36. The summed E-state index contributed by atoms with van der Waals surface area (Å²) in [7, 11) is 0. The van der Waals surface area contributed by atoms with Crippen LogP contribution in [-0.2, 0) is 4.18 Å². The normalized spacial score (nSPS) is 21.1. The fraction of sp³-hybridized carbons (Fsp3) is 0.600. The van der Waals surface area contributed by atoms with E-state index in [-0.39, 0.29) is 0 Å². The Kier molecular flexibility index (Phi) is 5.54. The smallest absolute Gasteiger partial charge is 0.0658 e. The Balaban J connectivity index is 1.70. The zero-order valence-electron chi connectivity index (χ0n) is 11.4. The third kappa shape index (κ3) is 4.30. The van der Waals surface area contributed by atoms with Crippen molar-refractivity contribution in [3.05, 3.63) is 29.8 Å². The van der Waals surface area contributed by atoms with Crippen molar-refractivity contribution in [2.24, 2.45) is 5.92 Å². The summed E-state index contributed by atoms with van der Waals surface area (Å²) in [5, 5.41) is 0. The summed E-state index contributed by atoms with van der Waals surface area (Å²) < 4.78 is 5.78. The van der Waals surface area contributed by atoms with E-state index in [4.69, 9.17) is 4.18 Å². The maximum atomic E-state index is 5.78. The molecule has 0 aromatic heterocycles. The van der Waals surface area contributed by atoms with E-state index in [1.807, 2.05) is 0 Å². The second-order valence-corrected chi connectivity index (χ2v) is 5.96. The molecule has 2 rings (SSSR count). The standard InChI is InChI=1S/C15H23NOS/c1-3-16-10-4-5-14(11-16)12-17-18-15-8-6-13(2)7-9-15/h6-9,14H,3-5,10-12H2,1-2H3. The molecule has 1 fully saturated rings. The molecule has 100 valence electrons. The Labute approximate surface area is 115 Å². The summed E-state index contributed by atoms with van der Waals surface area (Å²) in [4.78, 5) is 3.72. The van der Waals surface area contributed by atoms with Crippen LogP contribution >= 0.6 is 12.0 Å². The zero-order chi connectivity index (χ0) is 12.8. The van der Waals surface area contributed by atoms with Crippen LogP contribution in [-0.4, -0.2) is 31.1 Å². The number of benzene rings is 1. The predicted molar refractivity (Wildman–Crippen MR) is 77.8 cm³/mol. The van der Waals surface area contributed by atoms with Crippen molar-refractivity contribution in [2.45, 2.75) is 31.6 Å². The van der Waals surface area contributed by atoms with Gasteiger partial charge in [-0.25, -0.2) is 0 Å². The number of hydrogen-bond acceptors (Lipinski definition) is 3. The quantitative estimate of drug-likeness (QED) is 0.752. The van der Waals surface area contributed by atoms with Gasteiger partial charge in [-0.2, -0.15) is 0 Å². The molecule has 1 aliphatic rings. The van der Waals surface area contributed by atoms with Crippen LogP contribution in [0.4, 0.5) is 0 Å². The van der Waals surface area contributed by atoms with Crippen LogP contribution in [0.5, 0.6) is 0 Å². The van der Waals surface area contributed by atoms with Crippen LogP contribution in [0.1, 0.15) is 25.3 Å². The van der Waals surface area contributed by atoms with Crippen molar-refractivity contribution in [1.82, 2.24) is 4.90 Å². The van der Waals surface area contributed by atoms with E-state index in [2.05, 4.69) is 43.0 Å². The van der Waals surface area contributed by atoms with Gasteiger partial charge in [0.25, 0.3) is 0 Å². The van der Waals surface area contributed by atoms with Gasteiger partial charge in [0.05, 0.1) is 6.61 Å². The first-order valence-electron chi connectivity index (χ1n) is 6.86. The van der Waals surface area contributed by atoms with Gasteiger partial charge in [0.1, 0.15) is 0 Å². The van der Waals surface area contributed by atoms with Gasteiger partial charge in [-0.15, -0.1) is 0 Å². The van der Waals surface area contributed by atoms with Crippen molar-refractivity contribution < 1.29 is 4.18 Å². The molecule has 0 bridgehead atoms. The van der Waals surface area contributed by atoms with Gasteiger partial charge in [-0.05, 0) is 50.9 Å². The molecule has 0 amide bonds. The van der Waals surface area contributed by atoms with E-state index in [0.717, 1.165) is 6.61 Å². The van der Waals surface area contributed by atoms with Crippen molar-refractivity contribution in [3.63, 3.8) is 0 Å². The third-order valence-corrected chi connectivity index (χ3v) is 4.25. The first-order valence-corrected chi connectivity index (χ1v) is 7.60. The molecule has 1 atom stereocenters. The maximum absolute atomic E-state index is 5.78. The molecule has 0 saturated carbocycles. The largest absolute Gasteiger partial charge is 0.310 e. The first kappa shape index (κ1) is 13.9. The number of likely N-dealkylation sites (tertiary alicyclic amines) is 1. The molecule has 1 aromatic rings. The fourth-order valence-corrected chi connectivity index (χ4v) is 3.01. The van der Waals surface area contributed by atoms with E-state index < -0.39 is 0 Å². The summed E-state index contributed by atoms with van der Waals surface area (Å²) in [6, 6.07) is 8.51. The molecule has 3 heteroatoms. The summed E-state index contributed by atoms with van der Waals surface area (Å²) >= 11 is 1.51. The van der Waals surface area contributed by atoms with Crippen molar-refractivity contribution in [3.8, 4) is 0 Å². The van der Waals surface area contributed by atoms with Crippen molar-refractivity contribution >= 4 is 12.0 Å². The second-order valence-electron chi connectivity index (χ2n) is 5.08. The van der Waals surface area contributed by atoms with Crippen molar-refractivity contribution in [1.29, 1.82) is 0 Å². The van der Waals surface area contributed by atoms with E-state index >= 15 is 0 Å². The Morgan fingerprint density at radius 3 is 2.83 bits per heavy atom. The van der Waals surface area contributed by atoms with Gasteiger partial charge >= 0.3 is 0 Å². The van der Waals surface area contributed by atoms with Gasteiger partial charge in [-0.1, -0.05) is 24.6 Å². The minimum atomic E-state index is 0.705.